The number of ether oxygens (including phenoxy) is 1. The third-order valence-electron chi connectivity index (χ3n) is 6.05. The minimum atomic E-state index is 0.752. The van der Waals surface area contributed by atoms with Crippen LogP contribution in [0.15, 0.2) is 24.5 Å². The molecule has 0 unspecified atom stereocenters. The van der Waals surface area contributed by atoms with Crippen molar-refractivity contribution in [1.82, 2.24) is 15.0 Å². The standard InChI is InChI=1S/C22H27N5OS/c1-15-4-5-17-18(13-15)29-22-19(17)21(24-7-8-27-9-11-28-12-10-27)25-20(26-22)16-3-2-6-23-14-16/h2-3,6,14-15H,4-5,7-13H2,1H3,(H,24,25,26)/p+1/t15-/m1/s1. The van der Waals surface area contributed by atoms with Gasteiger partial charge in [0, 0.05) is 22.8 Å². The molecule has 7 heteroatoms. The molecule has 0 spiro atoms. The van der Waals surface area contributed by atoms with Gasteiger partial charge in [-0.15, -0.1) is 11.3 Å². The molecule has 0 radical (unpaired) electrons. The van der Waals surface area contributed by atoms with Crippen LogP contribution in [0.4, 0.5) is 5.82 Å². The van der Waals surface area contributed by atoms with Gasteiger partial charge in [0.05, 0.1) is 31.7 Å². The normalized spacial score (nSPS) is 20.0. The number of aromatic nitrogens is 3. The van der Waals surface area contributed by atoms with Gasteiger partial charge in [-0.3, -0.25) is 4.98 Å². The van der Waals surface area contributed by atoms with Crippen molar-refractivity contribution in [2.75, 3.05) is 44.7 Å². The Morgan fingerprint density at radius 3 is 3.00 bits per heavy atom. The van der Waals surface area contributed by atoms with Gasteiger partial charge in [-0.2, -0.15) is 0 Å². The predicted octanol–water partition coefficient (Wildman–Crippen LogP) is 2.21. The number of anilines is 1. The molecule has 1 fully saturated rings. The minimum absolute atomic E-state index is 0.752. The fraction of sp³-hybridized carbons (Fsp3) is 0.500. The van der Waals surface area contributed by atoms with E-state index < -0.39 is 0 Å². The Kier molecular flexibility index (Phi) is 5.44. The lowest BCUT2D eigenvalue weighted by Gasteiger charge is -2.24. The van der Waals surface area contributed by atoms with Crippen LogP contribution >= 0.6 is 11.3 Å². The van der Waals surface area contributed by atoms with Crippen molar-refractivity contribution in [3.8, 4) is 11.4 Å². The summed E-state index contributed by atoms with van der Waals surface area (Å²) in [5, 5.41) is 4.92. The highest BCUT2D eigenvalue weighted by Crippen LogP contribution is 2.40. The lowest BCUT2D eigenvalue weighted by molar-refractivity contribution is -0.906. The Balaban J connectivity index is 1.48. The number of nitrogens with zero attached hydrogens (tertiary/aromatic N) is 3. The van der Waals surface area contributed by atoms with Crippen LogP contribution in [0.5, 0.6) is 0 Å². The van der Waals surface area contributed by atoms with Crippen molar-refractivity contribution < 1.29 is 9.64 Å². The number of hydrogen-bond donors (Lipinski definition) is 2. The van der Waals surface area contributed by atoms with Gasteiger partial charge in [0.15, 0.2) is 5.82 Å². The first kappa shape index (κ1) is 18.9. The van der Waals surface area contributed by atoms with E-state index in [0.29, 0.717) is 0 Å². The maximum absolute atomic E-state index is 5.48. The summed E-state index contributed by atoms with van der Waals surface area (Å²) in [6.07, 6.45) is 7.18. The van der Waals surface area contributed by atoms with Crippen molar-refractivity contribution in [1.29, 1.82) is 0 Å². The van der Waals surface area contributed by atoms with Crippen LogP contribution in [-0.2, 0) is 17.6 Å². The molecular weight excluding hydrogens is 382 g/mol. The first-order valence-corrected chi connectivity index (χ1v) is 11.5. The Morgan fingerprint density at radius 2 is 2.17 bits per heavy atom. The molecule has 0 amide bonds. The Bertz CT molecular complexity index is 984. The smallest absolute Gasteiger partial charge is 0.164 e. The molecule has 0 aromatic carbocycles. The van der Waals surface area contributed by atoms with E-state index in [1.54, 1.807) is 11.1 Å². The van der Waals surface area contributed by atoms with E-state index in [9.17, 15) is 0 Å². The average molecular weight is 411 g/mol. The summed E-state index contributed by atoms with van der Waals surface area (Å²) in [6, 6.07) is 3.98. The number of aryl methyl sites for hydroxylation is 1. The van der Waals surface area contributed by atoms with E-state index in [2.05, 4.69) is 17.2 Å². The van der Waals surface area contributed by atoms with Gasteiger partial charge in [-0.05, 0) is 42.9 Å². The molecule has 6 nitrogen and oxygen atoms in total. The molecule has 1 aliphatic heterocycles. The van der Waals surface area contributed by atoms with Gasteiger partial charge in [0.25, 0.3) is 0 Å². The van der Waals surface area contributed by atoms with Gasteiger partial charge < -0.3 is 15.0 Å². The third kappa shape index (κ3) is 3.99. The zero-order valence-corrected chi connectivity index (χ0v) is 17.7. The quantitative estimate of drug-likeness (QED) is 0.675. The highest BCUT2D eigenvalue weighted by Gasteiger charge is 2.24. The lowest BCUT2D eigenvalue weighted by Crippen LogP contribution is -3.14. The molecule has 3 aromatic rings. The van der Waals surface area contributed by atoms with Gasteiger partial charge in [-0.1, -0.05) is 6.92 Å². The molecule has 1 aliphatic carbocycles. The first-order valence-electron chi connectivity index (χ1n) is 10.7. The molecule has 2 N–H and O–H groups in total. The minimum Gasteiger partial charge on any atom is -0.370 e. The maximum atomic E-state index is 5.48. The number of hydrogen-bond acceptors (Lipinski definition) is 6. The molecule has 0 bridgehead atoms. The molecule has 152 valence electrons. The zero-order valence-electron chi connectivity index (χ0n) is 16.9. The summed E-state index contributed by atoms with van der Waals surface area (Å²) in [4.78, 5) is 18.4. The second kappa shape index (κ2) is 8.34. The van der Waals surface area contributed by atoms with Crippen molar-refractivity contribution in [3.05, 3.63) is 35.0 Å². The first-order chi connectivity index (χ1) is 14.3. The second-order valence-electron chi connectivity index (χ2n) is 8.21. The second-order valence-corrected chi connectivity index (χ2v) is 9.29. The Morgan fingerprint density at radius 1 is 1.28 bits per heavy atom. The number of morpholine rings is 1. The molecule has 2 aliphatic rings. The molecule has 1 saturated heterocycles. The van der Waals surface area contributed by atoms with Crippen LogP contribution in [0.25, 0.3) is 21.6 Å². The number of thiophene rings is 1. The van der Waals surface area contributed by atoms with Crippen LogP contribution in [0.3, 0.4) is 0 Å². The third-order valence-corrected chi connectivity index (χ3v) is 7.19. The van der Waals surface area contributed by atoms with E-state index >= 15 is 0 Å². The summed E-state index contributed by atoms with van der Waals surface area (Å²) in [6.45, 7) is 8.27. The van der Waals surface area contributed by atoms with Gasteiger partial charge in [0.2, 0.25) is 0 Å². The fourth-order valence-corrected chi connectivity index (χ4v) is 5.74. The number of nitrogens with one attached hydrogen (secondary N) is 2. The van der Waals surface area contributed by atoms with Crippen molar-refractivity contribution in [2.24, 2.45) is 5.92 Å². The molecule has 5 rings (SSSR count). The Labute approximate surface area is 175 Å². The van der Waals surface area contributed by atoms with Crippen LogP contribution in [-0.4, -0.2) is 54.3 Å². The highest BCUT2D eigenvalue weighted by atomic mass is 32.1. The van der Waals surface area contributed by atoms with Gasteiger partial charge >= 0.3 is 0 Å². The number of rotatable bonds is 5. The van der Waals surface area contributed by atoms with E-state index in [1.807, 2.05) is 29.7 Å². The molecule has 29 heavy (non-hydrogen) atoms. The highest BCUT2D eigenvalue weighted by molar-refractivity contribution is 7.19. The maximum Gasteiger partial charge on any atom is 0.164 e. The number of fused-ring (bicyclic) bond motifs is 3. The largest absolute Gasteiger partial charge is 0.370 e. The van der Waals surface area contributed by atoms with Gasteiger partial charge in [0.1, 0.15) is 23.7 Å². The summed E-state index contributed by atoms with van der Waals surface area (Å²) in [5.41, 5.74) is 2.44. The topological polar surface area (TPSA) is 64.4 Å². The summed E-state index contributed by atoms with van der Waals surface area (Å²) < 4.78 is 5.48. The summed E-state index contributed by atoms with van der Waals surface area (Å²) in [5.74, 6) is 2.51. The van der Waals surface area contributed by atoms with Crippen LogP contribution in [0.2, 0.25) is 0 Å². The molecule has 3 aromatic heterocycles. The number of quaternary nitrogens is 1. The Hall–Kier alpha value is -2.09. The molecular formula is C22H28N5OS+. The van der Waals surface area contributed by atoms with Crippen molar-refractivity contribution in [2.45, 2.75) is 26.2 Å². The van der Waals surface area contributed by atoms with E-state index in [4.69, 9.17) is 14.7 Å². The monoisotopic (exact) mass is 410 g/mol. The molecule has 1 atom stereocenters. The molecule has 4 heterocycles. The van der Waals surface area contributed by atoms with E-state index in [-0.39, 0.29) is 0 Å². The predicted molar refractivity (Wildman–Crippen MR) is 117 cm³/mol. The van der Waals surface area contributed by atoms with Crippen LogP contribution < -0.4 is 10.2 Å². The van der Waals surface area contributed by atoms with E-state index in [1.165, 1.54) is 22.2 Å². The van der Waals surface area contributed by atoms with Gasteiger partial charge in [-0.25, -0.2) is 9.97 Å². The fourth-order valence-electron chi connectivity index (χ4n) is 4.36. The summed E-state index contributed by atoms with van der Waals surface area (Å²) in [7, 11) is 0. The SMILES string of the molecule is C[C@@H]1CCc2c(sc3nc(-c4cccnc4)nc(NCC[NH+]4CCOCC4)c23)C1. The van der Waals surface area contributed by atoms with Crippen molar-refractivity contribution in [3.63, 3.8) is 0 Å². The molecule has 0 saturated carbocycles. The van der Waals surface area contributed by atoms with E-state index in [0.717, 1.165) is 80.2 Å². The van der Waals surface area contributed by atoms with Crippen molar-refractivity contribution >= 4 is 27.4 Å². The summed E-state index contributed by atoms with van der Waals surface area (Å²) >= 11 is 1.85. The average Bonchev–Trinajstić information content (AvgIpc) is 3.12. The van der Waals surface area contributed by atoms with Crippen LogP contribution in [0.1, 0.15) is 23.8 Å². The van der Waals surface area contributed by atoms with Crippen LogP contribution in [0, 0.1) is 5.92 Å². The number of pyridine rings is 1. The zero-order chi connectivity index (χ0) is 19.6. The lowest BCUT2D eigenvalue weighted by atomic mass is 9.89.